The molecule has 1 amide bonds. The summed E-state index contributed by atoms with van der Waals surface area (Å²) < 4.78 is 16.7. The standard InChI is InChI=1S/C18H17NO4/c1-18(2)22-15-7-5-12(8-16(15)23-18)19-10-11-4-6-13(21-3)9-14(11)17(19)20/h4-9H,10H2,1-3H3. The van der Waals surface area contributed by atoms with Crippen LogP contribution in [0, 0.1) is 0 Å². The number of fused-ring (bicyclic) bond motifs is 2. The molecular weight excluding hydrogens is 294 g/mol. The number of carbonyl (C=O) groups is 1. The van der Waals surface area contributed by atoms with Gasteiger partial charge in [0.2, 0.25) is 5.79 Å². The number of carbonyl (C=O) groups excluding carboxylic acids is 1. The molecule has 0 aliphatic carbocycles. The fourth-order valence-corrected chi connectivity index (χ4v) is 2.99. The summed E-state index contributed by atoms with van der Waals surface area (Å²) in [5.41, 5.74) is 2.47. The molecule has 0 N–H and O–H groups in total. The van der Waals surface area contributed by atoms with Gasteiger partial charge in [0.1, 0.15) is 5.75 Å². The third-order valence-corrected chi connectivity index (χ3v) is 4.07. The first-order valence-corrected chi connectivity index (χ1v) is 7.48. The van der Waals surface area contributed by atoms with Crippen molar-refractivity contribution in [2.24, 2.45) is 0 Å². The average Bonchev–Trinajstić information content (AvgIpc) is 3.01. The summed E-state index contributed by atoms with van der Waals surface area (Å²) in [6.07, 6.45) is 0. The average molecular weight is 311 g/mol. The molecule has 0 saturated carbocycles. The molecule has 5 nitrogen and oxygen atoms in total. The monoisotopic (exact) mass is 311 g/mol. The molecule has 0 unspecified atom stereocenters. The molecule has 2 aromatic carbocycles. The summed E-state index contributed by atoms with van der Waals surface area (Å²) in [5.74, 6) is 1.34. The minimum atomic E-state index is -0.674. The van der Waals surface area contributed by atoms with Crippen LogP contribution in [0.25, 0.3) is 0 Å². The highest BCUT2D eigenvalue weighted by atomic mass is 16.7. The molecule has 0 fully saturated rings. The van der Waals surface area contributed by atoms with Crippen molar-refractivity contribution in [1.82, 2.24) is 0 Å². The third-order valence-electron chi connectivity index (χ3n) is 4.07. The molecule has 0 saturated heterocycles. The highest BCUT2D eigenvalue weighted by Crippen LogP contribution is 2.42. The topological polar surface area (TPSA) is 48.0 Å². The van der Waals surface area contributed by atoms with Gasteiger partial charge in [-0.05, 0) is 29.8 Å². The maximum absolute atomic E-state index is 12.7. The molecule has 0 bridgehead atoms. The third kappa shape index (κ3) is 2.20. The normalized spacial score (nSPS) is 17.3. The van der Waals surface area contributed by atoms with E-state index in [0.29, 0.717) is 29.4 Å². The van der Waals surface area contributed by atoms with Crippen LogP contribution in [-0.4, -0.2) is 18.8 Å². The van der Waals surface area contributed by atoms with Gasteiger partial charge in [-0.15, -0.1) is 0 Å². The van der Waals surface area contributed by atoms with Crippen molar-refractivity contribution in [3.05, 3.63) is 47.5 Å². The smallest absolute Gasteiger partial charge is 0.259 e. The SMILES string of the molecule is COc1ccc2c(c1)C(=O)N(c1ccc3c(c1)OC(C)(C)O3)C2. The van der Waals surface area contributed by atoms with Crippen LogP contribution >= 0.6 is 0 Å². The summed E-state index contributed by atoms with van der Waals surface area (Å²) in [6.45, 7) is 4.26. The lowest BCUT2D eigenvalue weighted by atomic mass is 10.1. The molecule has 23 heavy (non-hydrogen) atoms. The van der Waals surface area contributed by atoms with Gasteiger partial charge in [-0.3, -0.25) is 4.79 Å². The summed E-state index contributed by atoms with van der Waals surface area (Å²) in [5, 5.41) is 0. The Kier molecular flexibility index (Phi) is 2.82. The van der Waals surface area contributed by atoms with E-state index in [-0.39, 0.29) is 5.91 Å². The van der Waals surface area contributed by atoms with E-state index in [1.165, 1.54) is 0 Å². The quantitative estimate of drug-likeness (QED) is 0.853. The van der Waals surface area contributed by atoms with Gasteiger partial charge in [-0.25, -0.2) is 0 Å². The van der Waals surface area contributed by atoms with Gasteiger partial charge in [-0.2, -0.15) is 0 Å². The molecule has 118 valence electrons. The molecule has 0 atom stereocenters. The number of ether oxygens (including phenoxy) is 3. The summed E-state index contributed by atoms with van der Waals surface area (Å²) in [4.78, 5) is 14.4. The predicted octanol–water partition coefficient (Wildman–Crippen LogP) is 3.36. The molecule has 0 aromatic heterocycles. The number of anilines is 1. The van der Waals surface area contributed by atoms with Gasteiger partial charge in [-0.1, -0.05) is 6.07 Å². The molecule has 2 aliphatic heterocycles. The second kappa shape index (κ2) is 4.65. The number of hydrogen-bond donors (Lipinski definition) is 0. The van der Waals surface area contributed by atoms with Crippen LogP contribution in [0.5, 0.6) is 17.2 Å². The summed E-state index contributed by atoms with van der Waals surface area (Å²) in [6, 6.07) is 11.2. The molecule has 2 aliphatic rings. The first-order valence-electron chi connectivity index (χ1n) is 7.48. The van der Waals surface area contributed by atoms with Crippen LogP contribution in [0.4, 0.5) is 5.69 Å². The van der Waals surface area contributed by atoms with E-state index >= 15 is 0 Å². The Hall–Kier alpha value is -2.69. The van der Waals surface area contributed by atoms with Crippen molar-refractivity contribution in [1.29, 1.82) is 0 Å². The molecule has 5 heteroatoms. The van der Waals surface area contributed by atoms with Gasteiger partial charge < -0.3 is 19.1 Å². The van der Waals surface area contributed by atoms with Crippen molar-refractivity contribution in [2.75, 3.05) is 12.0 Å². The number of methoxy groups -OCH3 is 1. The van der Waals surface area contributed by atoms with E-state index in [1.807, 2.05) is 44.2 Å². The Labute approximate surface area is 134 Å². The Morgan fingerprint density at radius 2 is 1.87 bits per heavy atom. The number of hydrogen-bond acceptors (Lipinski definition) is 4. The van der Waals surface area contributed by atoms with E-state index in [9.17, 15) is 4.79 Å². The largest absolute Gasteiger partial charge is 0.497 e. The van der Waals surface area contributed by atoms with Crippen molar-refractivity contribution < 1.29 is 19.0 Å². The van der Waals surface area contributed by atoms with E-state index in [4.69, 9.17) is 14.2 Å². The number of benzene rings is 2. The van der Waals surface area contributed by atoms with Crippen LogP contribution in [0.15, 0.2) is 36.4 Å². The van der Waals surface area contributed by atoms with E-state index in [1.54, 1.807) is 18.1 Å². The van der Waals surface area contributed by atoms with Crippen molar-refractivity contribution in [2.45, 2.75) is 26.2 Å². The highest BCUT2D eigenvalue weighted by Gasteiger charge is 2.34. The van der Waals surface area contributed by atoms with Crippen LogP contribution in [0.2, 0.25) is 0 Å². The molecule has 4 rings (SSSR count). The van der Waals surface area contributed by atoms with Crippen LogP contribution in [0.1, 0.15) is 29.8 Å². The van der Waals surface area contributed by atoms with Crippen molar-refractivity contribution in [3.63, 3.8) is 0 Å². The van der Waals surface area contributed by atoms with Gasteiger partial charge in [0.05, 0.1) is 13.7 Å². The molecule has 0 spiro atoms. The van der Waals surface area contributed by atoms with Crippen LogP contribution in [0.3, 0.4) is 0 Å². The van der Waals surface area contributed by atoms with Crippen molar-refractivity contribution in [3.8, 4) is 17.2 Å². The second-order valence-corrected chi connectivity index (χ2v) is 6.15. The number of amides is 1. The zero-order valence-electron chi connectivity index (χ0n) is 13.3. The van der Waals surface area contributed by atoms with Crippen LogP contribution < -0.4 is 19.1 Å². The fourth-order valence-electron chi connectivity index (χ4n) is 2.99. The molecule has 2 heterocycles. The molecule has 0 radical (unpaired) electrons. The highest BCUT2D eigenvalue weighted by molar-refractivity contribution is 6.10. The summed E-state index contributed by atoms with van der Waals surface area (Å²) >= 11 is 0. The Balaban J connectivity index is 1.67. The lowest BCUT2D eigenvalue weighted by molar-refractivity contribution is -0.0431. The first-order chi connectivity index (χ1) is 11.0. The predicted molar refractivity (Wildman–Crippen MR) is 85.3 cm³/mol. The van der Waals surface area contributed by atoms with E-state index in [2.05, 4.69) is 0 Å². The lowest BCUT2D eigenvalue weighted by Crippen LogP contribution is -2.29. The zero-order chi connectivity index (χ0) is 16.2. The maximum Gasteiger partial charge on any atom is 0.259 e. The van der Waals surface area contributed by atoms with E-state index in [0.717, 1.165) is 11.3 Å². The van der Waals surface area contributed by atoms with Gasteiger partial charge >= 0.3 is 0 Å². The Morgan fingerprint density at radius 1 is 1.09 bits per heavy atom. The number of nitrogens with zero attached hydrogens (tertiary/aromatic N) is 1. The lowest BCUT2D eigenvalue weighted by Gasteiger charge is -2.17. The van der Waals surface area contributed by atoms with Gasteiger partial charge in [0.15, 0.2) is 11.5 Å². The van der Waals surface area contributed by atoms with Crippen LogP contribution in [-0.2, 0) is 6.54 Å². The Morgan fingerprint density at radius 3 is 2.65 bits per heavy atom. The fraction of sp³-hybridized carbons (Fsp3) is 0.278. The number of rotatable bonds is 2. The molecule has 2 aromatic rings. The minimum absolute atomic E-state index is 0.0305. The zero-order valence-corrected chi connectivity index (χ0v) is 13.3. The van der Waals surface area contributed by atoms with E-state index < -0.39 is 5.79 Å². The van der Waals surface area contributed by atoms with Gasteiger partial charge in [0.25, 0.3) is 5.91 Å². The second-order valence-electron chi connectivity index (χ2n) is 6.15. The maximum atomic E-state index is 12.7. The minimum Gasteiger partial charge on any atom is -0.497 e. The Bertz CT molecular complexity index is 813. The van der Waals surface area contributed by atoms with Crippen molar-refractivity contribution >= 4 is 11.6 Å². The molecular formula is C18H17NO4. The van der Waals surface area contributed by atoms with Gasteiger partial charge in [0, 0.05) is 31.2 Å². The summed E-state index contributed by atoms with van der Waals surface area (Å²) in [7, 11) is 1.60. The first kappa shape index (κ1) is 13.9.